The molecule has 0 saturated carbocycles. The number of thiophene rings is 1. The Morgan fingerprint density at radius 3 is 3.07 bits per heavy atom. The van der Waals surface area contributed by atoms with Crippen LogP contribution < -0.4 is 0 Å². The van der Waals surface area contributed by atoms with Crippen LogP contribution in [0.2, 0.25) is 0 Å². The van der Waals surface area contributed by atoms with Crippen molar-refractivity contribution in [1.29, 1.82) is 0 Å². The molecule has 0 fully saturated rings. The van der Waals surface area contributed by atoms with Crippen LogP contribution in [0, 0.1) is 6.92 Å². The van der Waals surface area contributed by atoms with E-state index in [0.717, 1.165) is 16.3 Å². The Kier molecular flexibility index (Phi) is 2.55. The molecule has 2 aromatic rings. The molecule has 0 radical (unpaired) electrons. The van der Waals surface area contributed by atoms with Gasteiger partial charge in [-0.05, 0) is 18.4 Å². The highest BCUT2D eigenvalue weighted by molar-refractivity contribution is 7.13. The molecule has 2 N–H and O–H groups in total. The van der Waals surface area contributed by atoms with Crippen molar-refractivity contribution in [2.75, 3.05) is 0 Å². The summed E-state index contributed by atoms with van der Waals surface area (Å²) in [6.07, 6.45) is -0.0633. The summed E-state index contributed by atoms with van der Waals surface area (Å²) >= 11 is 1.59. The molecule has 0 spiro atoms. The van der Waals surface area contributed by atoms with Crippen molar-refractivity contribution in [2.24, 2.45) is 0 Å². The zero-order valence-corrected chi connectivity index (χ0v) is 8.97. The zero-order valence-electron chi connectivity index (χ0n) is 8.15. The quantitative estimate of drug-likeness (QED) is 0.835. The number of nitrogens with zero attached hydrogens (tertiary/aromatic N) is 1. The number of carboxylic acid groups (broad SMARTS) is 1. The number of nitrogens with one attached hydrogen (secondary N) is 1. The first kappa shape index (κ1) is 9.92. The largest absolute Gasteiger partial charge is 0.481 e. The molecule has 0 atom stereocenters. The molecular weight excluding hydrogens is 212 g/mol. The Labute approximate surface area is 90.6 Å². The highest BCUT2D eigenvalue weighted by Crippen LogP contribution is 2.25. The predicted molar refractivity (Wildman–Crippen MR) is 58.0 cm³/mol. The average Bonchev–Trinajstić information content (AvgIpc) is 2.72. The molecule has 78 valence electrons. The van der Waals surface area contributed by atoms with Crippen LogP contribution in [0.3, 0.4) is 0 Å². The number of aliphatic carboxylic acids is 1. The number of H-pyrrole nitrogens is 1. The molecule has 2 aromatic heterocycles. The minimum Gasteiger partial charge on any atom is -0.481 e. The Bertz CT molecular complexity index is 474. The zero-order chi connectivity index (χ0) is 10.8. The Hall–Kier alpha value is -1.62. The molecule has 0 bridgehead atoms. The lowest BCUT2D eigenvalue weighted by atomic mass is 10.3. The SMILES string of the molecule is Cc1[nH]c(CC(=O)O)nc1-c1cccs1. The summed E-state index contributed by atoms with van der Waals surface area (Å²) in [5.41, 5.74) is 1.76. The molecule has 0 aliphatic rings. The van der Waals surface area contributed by atoms with Gasteiger partial charge in [-0.2, -0.15) is 0 Å². The maximum atomic E-state index is 10.5. The van der Waals surface area contributed by atoms with E-state index in [2.05, 4.69) is 9.97 Å². The van der Waals surface area contributed by atoms with Gasteiger partial charge in [-0.15, -0.1) is 11.3 Å². The molecule has 0 amide bonds. The summed E-state index contributed by atoms with van der Waals surface area (Å²) in [6.45, 7) is 1.90. The van der Waals surface area contributed by atoms with Gasteiger partial charge in [0.1, 0.15) is 17.9 Å². The molecule has 2 rings (SSSR count). The highest BCUT2D eigenvalue weighted by atomic mass is 32.1. The summed E-state index contributed by atoms with van der Waals surface area (Å²) in [5, 5.41) is 10.6. The smallest absolute Gasteiger partial charge is 0.311 e. The van der Waals surface area contributed by atoms with Crippen molar-refractivity contribution >= 4 is 17.3 Å². The minimum absolute atomic E-state index is 0.0633. The number of aromatic nitrogens is 2. The summed E-state index contributed by atoms with van der Waals surface area (Å²) < 4.78 is 0. The van der Waals surface area contributed by atoms with Gasteiger partial charge in [0.2, 0.25) is 0 Å². The van der Waals surface area contributed by atoms with Gasteiger partial charge in [-0.3, -0.25) is 4.79 Å². The van der Waals surface area contributed by atoms with Gasteiger partial charge >= 0.3 is 5.97 Å². The van der Waals surface area contributed by atoms with Crippen LogP contribution in [0.15, 0.2) is 17.5 Å². The molecule has 0 aromatic carbocycles. The fourth-order valence-electron chi connectivity index (χ4n) is 1.40. The molecule has 5 heteroatoms. The predicted octanol–water partition coefficient (Wildman–Crippen LogP) is 2.07. The molecule has 0 unspecified atom stereocenters. The first-order chi connectivity index (χ1) is 7.16. The van der Waals surface area contributed by atoms with E-state index < -0.39 is 5.97 Å². The number of carboxylic acids is 1. The number of imidazole rings is 1. The normalized spacial score (nSPS) is 10.5. The van der Waals surface area contributed by atoms with Crippen LogP contribution in [0.25, 0.3) is 10.6 Å². The minimum atomic E-state index is -0.874. The Morgan fingerprint density at radius 1 is 1.67 bits per heavy atom. The van der Waals surface area contributed by atoms with Crippen LogP contribution >= 0.6 is 11.3 Å². The molecular formula is C10H10N2O2S. The third kappa shape index (κ3) is 2.07. The Balaban J connectivity index is 2.34. The molecule has 4 nitrogen and oxygen atoms in total. The van der Waals surface area contributed by atoms with Crippen molar-refractivity contribution in [3.8, 4) is 10.6 Å². The van der Waals surface area contributed by atoms with E-state index in [1.165, 1.54) is 0 Å². The summed E-state index contributed by atoms with van der Waals surface area (Å²) in [7, 11) is 0. The van der Waals surface area contributed by atoms with Crippen LogP contribution in [0.5, 0.6) is 0 Å². The second-order valence-electron chi connectivity index (χ2n) is 3.20. The number of rotatable bonds is 3. The standard InChI is InChI=1S/C10H10N2O2S/c1-6-10(7-3-2-4-15-7)12-8(11-6)5-9(13)14/h2-4H,5H2,1H3,(H,11,12)(H,13,14). The van der Waals surface area contributed by atoms with Crippen LogP contribution in [0.4, 0.5) is 0 Å². The van der Waals surface area contributed by atoms with Gasteiger partial charge in [-0.1, -0.05) is 6.07 Å². The van der Waals surface area contributed by atoms with Gasteiger partial charge < -0.3 is 10.1 Å². The van der Waals surface area contributed by atoms with Gasteiger partial charge in [0.05, 0.1) is 4.88 Å². The van der Waals surface area contributed by atoms with Crippen molar-refractivity contribution in [3.05, 3.63) is 29.0 Å². The average molecular weight is 222 g/mol. The number of hydrogen-bond donors (Lipinski definition) is 2. The van der Waals surface area contributed by atoms with E-state index in [0.29, 0.717) is 5.82 Å². The second-order valence-corrected chi connectivity index (χ2v) is 4.15. The van der Waals surface area contributed by atoms with Crippen LogP contribution in [-0.2, 0) is 11.2 Å². The first-order valence-corrected chi connectivity index (χ1v) is 5.36. The number of hydrogen-bond acceptors (Lipinski definition) is 3. The van der Waals surface area contributed by atoms with Gasteiger partial charge in [0, 0.05) is 5.69 Å². The van der Waals surface area contributed by atoms with Crippen LogP contribution in [-0.4, -0.2) is 21.0 Å². The van der Waals surface area contributed by atoms with Gasteiger partial charge in [0.25, 0.3) is 0 Å². The molecule has 15 heavy (non-hydrogen) atoms. The fraction of sp³-hybridized carbons (Fsp3) is 0.200. The van der Waals surface area contributed by atoms with E-state index in [1.54, 1.807) is 11.3 Å². The lowest BCUT2D eigenvalue weighted by Gasteiger charge is -1.90. The molecule has 0 aliphatic heterocycles. The Morgan fingerprint density at radius 2 is 2.47 bits per heavy atom. The third-order valence-electron chi connectivity index (χ3n) is 2.01. The molecule has 2 heterocycles. The summed E-state index contributed by atoms with van der Waals surface area (Å²) in [5.74, 6) is -0.370. The van der Waals surface area contributed by atoms with Crippen LogP contribution in [0.1, 0.15) is 11.5 Å². The van der Waals surface area contributed by atoms with Gasteiger partial charge in [0.15, 0.2) is 0 Å². The fourth-order valence-corrected chi connectivity index (χ4v) is 2.17. The lowest BCUT2D eigenvalue weighted by Crippen LogP contribution is -2.01. The summed E-state index contributed by atoms with van der Waals surface area (Å²) in [6, 6.07) is 3.92. The van der Waals surface area contributed by atoms with Crippen molar-refractivity contribution in [1.82, 2.24) is 9.97 Å². The van der Waals surface area contributed by atoms with Crippen molar-refractivity contribution in [3.63, 3.8) is 0 Å². The van der Waals surface area contributed by atoms with E-state index in [9.17, 15) is 4.79 Å². The second kappa shape index (κ2) is 3.86. The monoisotopic (exact) mass is 222 g/mol. The first-order valence-electron chi connectivity index (χ1n) is 4.48. The van der Waals surface area contributed by atoms with E-state index >= 15 is 0 Å². The maximum Gasteiger partial charge on any atom is 0.311 e. The lowest BCUT2D eigenvalue weighted by molar-refractivity contribution is -0.136. The van der Waals surface area contributed by atoms with E-state index in [4.69, 9.17) is 5.11 Å². The van der Waals surface area contributed by atoms with Crippen molar-refractivity contribution in [2.45, 2.75) is 13.3 Å². The van der Waals surface area contributed by atoms with Crippen molar-refractivity contribution < 1.29 is 9.90 Å². The number of aryl methyl sites for hydroxylation is 1. The molecule has 0 aliphatic carbocycles. The highest BCUT2D eigenvalue weighted by Gasteiger charge is 2.11. The third-order valence-corrected chi connectivity index (χ3v) is 2.88. The van der Waals surface area contributed by atoms with E-state index in [1.807, 2.05) is 24.4 Å². The number of carbonyl (C=O) groups is 1. The topological polar surface area (TPSA) is 66.0 Å². The number of aromatic amines is 1. The van der Waals surface area contributed by atoms with Gasteiger partial charge in [-0.25, -0.2) is 4.98 Å². The summed E-state index contributed by atoms with van der Waals surface area (Å²) in [4.78, 5) is 18.8. The maximum absolute atomic E-state index is 10.5. The van der Waals surface area contributed by atoms with E-state index in [-0.39, 0.29) is 6.42 Å². The molecule has 0 saturated heterocycles.